The molecule has 0 fully saturated rings. The number of anilines is 2. The molecule has 33 heavy (non-hydrogen) atoms. The number of hydrogen-bond acceptors (Lipinski definition) is 1. The van der Waals surface area contributed by atoms with Gasteiger partial charge in [0.05, 0.1) is 0 Å². The highest BCUT2D eigenvalue weighted by Crippen LogP contribution is 2.52. The van der Waals surface area contributed by atoms with E-state index in [1.165, 1.54) is 38.9 Å². The first-order valence-electron chi connectivity index (χ1n) is 11.5. The van der Waals surface area contributed by atoms with Crippen LogP contribution < -0.4 is 5.32 Å². The van der Waals surface area contributed by atoms with Gasteiger partial charge in [0.25, 0.3) is 0 Å². The number of fused-ring (bicyclic) bond motifs is 3. The van der Waals surface area contributed by atoms with E-state index in [0.717, 1.165) is 11.4 Å². The zero-order chi connectivity index (χ0) is 22.3. The van der Waals surface area contributed by atoms with Crippen molar-refractivity contribution in [3.63, 3.8) is 0 Å². The van der Waals surface area contributed by atoms with E-state index in [4.69, 9.17) is 0 Å². The summed E-state index contributed by atoms with van der Waals surface area (Å²) in [6.07, 6.45) is 0. The van der Waals surface area contributed by atoms with Crippen molar-refractivity contribution >= 4 is 11.4 Å². The second-order valence-electron chi connectivity index (χ2n) is 8.87. The lowest BCUT2D eigenvalue weighted by molar-refractivity contribution is 0.714. The summed E-state index contributed by atoms with van der Waals surface area (Å²) < 4.78 is 0. The molecule has 1 nitrogen and oxygen atoms in total. The molecule has 0 bridgehead atoms. The van der Waals surface area contributed by atoms with Gasteiger partial charge in [0, 0.05) is 16.8 Å². The maximum atomic E-state index is 3.47. The van der Waals surface area contributed by atoms with E-state index in [9.17, 15) is 0 Å². The molecule has 158 valence electrons. The maximum absolute atomic E-state index is 3.47. The van der Waals surface area contributed by atoms with Crippen LogP contribution in [0.25, 0.3) is 22.3 Å². The highest BCUT2D eigenvalue weighted by molar-refractivity contribution is 5.83. The van der Waals surface area contributed by atoms with E-state index in [0.29, 0.717) is 0 Å². The average Bonchev–Trinajstić information content (AvgIpc) is 3.15. The number of rotatable bonds is 4. The van der Waals surface area contributed by atoms with Gasteiger partial charge in [0.15, 0.2) is 0 Å². The molecule has 0 aliphatic heterocycles. The molecule has 0 radical (unpaired) electrons. The Balaban J connectivity index is 1.38. The molecule has 1 heteroatoms. The highest BCUT2D eigenvalue weighted by atomic mass is 14.9. The summed E-state index contributed by atoms with van der Waals surface area (Å²) in [5.41, 5.74) is 11.2. The predicted molar refractivity (Wildman–Crippen MR) is 139 cm³/mol. The number of benzene rings is 5. The fourth-order valence-electron chi connectivity index (χ4n) is 5.21. The fraction of sp³-hybridized carbons (Fsp3) is 0.0625. The SMILES string of the molecule is CC1(c2cccc(-c3ccc(Nc4ccccc4)cc3)c2)c2ccccc2-c2ccccc21. The van der Waals surface area contributed by atoms with Crippen molar-refractivity contribution in [2.45, 2.75) is 12.3 Å². The Hall–Kier alpha value is -4.10. The Labute approximate surface area is 195 Å². The standard InChI is InChI=1S/C32H25N/c1-32(30-16-7-5-14-28(30)29-15-6-8-17-31(29)32)25-11-9-10-24(22-25)23-18-20-27(21-19-23)33-26-12-3-2-4-13-26/h2-22,33H,1H3. The average molecular weight is 424 g/mol. The summed E-state index contributed by atoms with van der Waals surface area (Å²) >= 11 is 0. The number of hydrogen-bond donors (Lipinski definition) is 1. The monoisotopic (exact) mass is 423 g/mol. The minimum Gasteiger partial charge on any atom is -0.356 e. The van der Waals surface area contributed by atoms with Gasteiger partial charge < -0.3 is 5.32 Å². The van der Waals surface area contributed by atoms with Gasteiger partial charge in [-0.15, -0.1) is 0 Å². The molecule has 0 spiro atoms. The molecule has 0 saturated carbocycles. The Kier molecular flexibility index (Phi) is 4.62. The van der Waals surface area contributed by atoms with Crippen LogP contribution in [-0.2, 0) is 5.41 Å². The first-order valence-corrected chi connectivity index (χ1v) is 11.5. The smallest absolute Gasteiger partial charge is 0.0435 e. The van der Waals surface area contributed by atoms with Crippen molar-refractivity contribution in [1.29, 1.82) is 0 Å². The van der Waals surface area contributed by atoms with Gasteiger partial charge >= 0.3 is 0 Å². The molecular formula is C32H25N. The second kappa shape index (κ2) is 7.79. The normalized spacial score (nSPS) is 13.2. The molecule has 1 aliphatic carbocycles. The third-order valence-corrected chi connectivity index (χ3v) is 6.94. The Morgan fingerprint density at radius 3 is 1.73 bits per heavy atom. The van der Waals surface area contributed by atoms with E-state index < -0.39 is 0 Å². The van der Waals surface area contributed by atoms with Crippen molar-refractivity contribution in [1.82, 2.24) is 0 Å². The fourth-order valence-corrected chi connectivity index (χ4v) is 5.21. The third kappa shape index (κ3) is 3.25. The minimum atomic E-state index is -0.169. The summed E-state index contributed by atoms with van der Waals surface area (Å²) in [4.78, 5) is 0. The van der Waals surface area contributed by atoms with Crippen LogP contribution in [0.1, 0.15) is 23.6 Å². The van der Waals surface area contributed by atoms with E-state index in [1.54, 1.807) is 0 Å². The van der Waals surface area contributed by atoms with E-state index in [1.807, 2.05) is 18.2 Å². The minimum absolute atomic E-state index is 0.169. The van der Waals surface area contributed by atoms with Crippen LogP contribution in [0.4, 0.5) is 11.4 Å². The van der Waals surface area contributed by atoms with E-state index in [2.05, 4.69) is 121 Å². The molecule has 5 aromatic carbocycles. The highest BCUT2D eigenvalue weighted by Gasteiger charge is 2.40. The lowest BCUT2D eigenvalue weighted by atomic mass is 9.74. The topological polar surface area (TPSA) is 12.0 Å². The maximum Gasteiger partial charge on any atom is 0.0435 e. The molecule has 0 amide bonds. The number of para-hydroxylation sites is 1. The first-order chi connectivity index (χ1) is 16.2. The van der Waals surface area contributed by atoms with Crippen LogP contribution in [0.15, 0.2) is 127 Å². The van der Waals surface area contributed by atoms with E-state index >= 15 is 0 Å². The van der Waals surface area contributed by atoms with Gasteiger partial charge in [0.1, 0.15) is 0 Å². The molecule has 0 atom stereocenters. The molecular weight excluding hydrogens is 398 g/mol. The molecule has 6 rings (SSSR count). The molecule has 0 heterocycles. The van der Waals surface area contributed by atoms with Gasteiger partial charge in [-0.05, 0) is 76.2 Å². The third-order valence-electron chi connectivity index (χ3n) is 6.94. The quantitative estimate of drug-likeness (QED) is 0.306. The first kappa shape index (κ1) is 19.6. The summed E-state index contributed by atoms with van der Waals surface area (Å²) in [6, 6.07) is 45.7. The van der Waals surface area contributed by atoms with Crippen LogP contribution in [0.3, 0.4) is 0 Å². The predicted octanol–water partition coefficient (Wildman–Crippen LogP) is 8.43. The Morgan fingerprint density at radius 1 is 0.485 bits per heavy atom. The van der Waals surface area contributed by atoms with E-state index in [-0.39, 0.29) is 5.41 Å². The zero-order valence-electron chi connectivity index (χ0n) is 18.6. The summed E-state index contributed by atoms with van der Waals surface area (Å²) in [5.74, 6) is 0. The molecule has 1 N–H and O–H groups in total. The van der Waals surface area contributed by atoms with Gasteiger partial charge in [-0.1, -0.05) is 97.1 Å². The molecule has 0 aromatic heterocycles. The van der Waals surface area contributed by atoms with Crippen LogP contribution >= 0.6 is 0 Å². The van der Waals surface area contributed by atoms with Crippen molar-refractivity contribution in [2.24, 2.45) is 0 Å². The summed E-state index contributed by atoms with van der Waals surface area (Å²) in [5, 5.41) is 3.47. The van der Waals surface area contributed by atoms with Crippen LogP contribution in [-0.4, -0.2) is 0 Å². The Bertz CT molecular complexity index is 1390. The van der Waals surface area contributed by atoms with Crippen molar-refractivity contribution in [2.75, 3.05) is 5.32 Å². The van der Waals surface area contributed by atoms with Crippen molar-refractivity contribution < 1.29 is 0 Å². The second-order valence-corrected chi connectivity index (χ2v) is 8.87. The van der Waals surface area contributed by atoms with Crippen LogP contribution in [0, 0.1) is 0 Å². The van der Waals surface area contributed by atoms with Gasteiger partial charge in [-0.3, -0.25) is 0 Å². The van der Waals surface area contributed by atoms with Crippen LogP contribution in [0.2, 0.25) is 0 Å². The lowest BCUT2D eigenvalue weighted by Crippen LogP contribution is -2.22. The molecule has 5 aromatic rings. The Morgan fingerprint density at radius 2 is 1.06 bits per heavy atom. The molecule has 1 aliphatic rings. The largest absolute Gasteiger partial charge is 0.356 e. The van der Waals surface area contributed by atoms with Gasteiger partial charge in [-0.25, -0.2) is 0 Å². The van der Waals surface area contributed by atoms with Crippen molar-refractivity contribution in [3.05, 3.63) is 144 Å². The lowest BCUT2D eigenvalue weighted by Gasteiger charge is -2.28. The molecule has 0 unspecified atom stereocenters. The summed E-state index contributed by atoms with van der Waals surface area (Å²) in [7, 11) is 0. The number of nitrogens with one attached hydrogen (secondary N) is 1. The summed E-state index contributed by atoms with van der Waals surface area (Å²) in [6.45, 7) is 2.36. The van der Waals surface area contributed by atoms with Crippen molar-refractivity contribution in [3.8, 4) is 22.3 Å². The molecule has 0 saturated heterocycles. The van der Waals surface area contributed by atoms with Gasteiger partial charge in [0.2, 0.25) is 0 Å². The zero-order valence-corrected chi connectivity index (χ0v) is 18.6. The van der Waals surface area contributed by atoms with Crippen LogP contribution in [0.5, 0.6) is 0 Å². The van der Waals surface area contributed by atoms with Gasteiger partial charge in [-0.2, -0.15) is 0 Å².